The first-order chi connectivity index (χ1) is 7.07. The van der Waals surface area contributed by atoms with Crippen LogP contribution < -0.4 is 4.72 Å². The molecule has 1 fully saturated rings. The first-order valence-electron chi connectivity index (χ1n) is 5.16. The summed E-state index contributed by atoms with van der Waals surface area (Å²) in [6.07, 6.45) is 6.30. The lowest BCUT2D eigenvalue weighted by atomic mass is 9.96. The molecule has 15 heavy (non-hydrogen) atoms. The van der Waals surface area contributed by atoms with Crippen LogP contribution in [0, 0.1) is 0 Å². The summed E-state index contributed by atoms with van der Waals surface area (Å²) in [5, 5.41) is 0.599. The second-order valence-electron chi connectivity index (χ2n) is 3.85. The number of rotatable bonds is 5. The van der Waals surface area contributed by atoms with E-state index in [1.54, 1.807) is 0 Å². The molecule has 2 unspecified atom stereocenters. The van der Waals surface area contributed by atoms with E-state index in [1.807, 2.05) is 11.8 Å². The van der Waals surface area contributed by atoms with Crippen LogP contribution in [0.5, 0.6) is 0 Å². The number of hydrogen-bond donors (Lipinski definition) is 1. The highest BCUT2D eigenvalue weighted by atomic mass is 35.5. The molecule has 0 aromatic carbocycles. The normalized spacial score (nSPS) is 27.9. The highest BCUT2D eigenvalue weighted by Gasteiger charge is 2.24. The average Bonchev–Trinajstić information content (AvgIpc) is 2.17. The Morgan fingerprint density at radius 3 is 2.80 bits per heavy atom. The Morgan fingerprint density at radius 1 is 1.47 bits per heavy atom. The predicted octanol–water partition coefficient (Wildman–Crippen LogP) is 1.82. The molecule has 0 radical (unpaired) electrons. The lowest BCUT2D eigenvalue weighted by molar-refractivity contribution is 0.421. The Bertz CT molecular complexity index is 282. The van der Waals surface area contributed by atoms with Gasteiger partial charge in [-0.3, -0.25) is 0 Å². The Balaban J connectivity index is 2.44. The summed E-state index contributed by atoms with van der Waals surface area (Å²) in [6.45, 7) is 0. The van der Waals surface area contributed by atoms with Gasteiger partial charge in [0.15, 0.2) is 0 Å². The maximum absolute atomic E-state index is 11.5. The molecule has 1 aliphatic carbocycles. The van der Waals surface area contributed by atoms with Crippen LogP contribution in [0.15, 0.2) is 0 Å². The molecule has 2 atom stereocenters. The highest BCUT2D eigenvalue weighted by molar-refractivity contribution is 7.99. The van der Waals surface area contributed by atoms with Crippen molar-refractivity contribution in [3.63, 3.8) is 0 Å². The Morgan fingerprint density at radius 2 is 2.20 bits per heavy atom. The van der Waals surface area contributed by atoms with E-state index in [0.717, 1.165) is 19.3 Å². The predicted molar refractivity (Wildman–Crippen MR) is 67.2 cm³/mol. The molecule has 0 aromatic heterocycles. The summed E-state index contributed by atoms with van der Waals surface area (Å²) in [5.74, 6) is 0.184. The largest absolute Gasteiger partial charge is 0.213 e. The Labute approximate surface area is 101 Å². The van der Waals surface area contributed by atoms with Gasteiger partial charge in [0, 0.05) is 17.2 Å². The van der Waals surface area contributed by atoms with Gasteiger partial charge in [-0.25, -0.2) is 13.1 Å². The zero-order valence-corrected chi connectivity index (χ0v) is 11.3. The van der Waals surface area contributed by atoms with Crippen molar-refractivity contribution in [1.82, 2.24) is 4.72 Å². The van der Waals surface area contributed by atoms with Crippen molar-refractivity contribution in [1.29, 1.82) is 0 Å². The molecule has 3 nitrogen and oxygen atoms in total. The molecule has 0 amide bonds. The molecule has 90 valence electrons. The maximum atomic E-state index is 11.5. The van der Waals surface area contributed by atoms with Gasteiger partial charge in [-0.2, -0.15) is 11.8 Å². The molecule has 1 aliphatic rings. The minimum Gasteiger partial charge on any atom is -0.212 e. The monoisotopic (exact) mass is 271 g/mol. The standard InChI is InChI=1S/C9H18ClNO2S2/c1-14-9-4-2-3-8(7-9)11-15(12,13)6-5-10/h8-9,11H,2-7H2,1H3. The lowest BCUT2D eigenvalue weighted by Crippen LogP contribution is -2.40. The summed E-state index contributed by atoms with van der Waals surface area (Å²) in [7, 11) is -3.15. The molecular formula is C9H18ClNO2S2. The fraction of sp³-hybridized carbons (Fsp3) is 1.00. The molecule has 0 aliphatic heterocycles. The van der Waals surface area contributed by atoms with Gasteiger partial charge in [0.25, 0.3) is 0 Å². The van der Waals surface area contributed by atoms with Gasteiger partial charge < -0.3 is 0 Å². The fourth-order valence-corrected chi connectivity index (χ4v) is 4.36. The summed E-state index contributed by atoms with van der Waals surface area (Å²) >= 11 is 7.26. The van der Waals surface area contributed by atoms with E-state index in [9.17, 15) is 8.42 Å². The molecule has 1 saturated carbocycles. The van der Waals surface area contributed by atoms with Crippen LogP contribution >= 0.6 is 23.4 Å². The molecule has 1 N–H and O–H groups in total. The van der Waals surface area contributed by atoms with E-state index in [2.05, 4.69) is 11.0 Å². The molecule has 1 rings (SSSR count). The summed E-state index contributed by atoms with van der Waals surface area (Å²) in [5.41, 5.74) is 0. The second kappa shape index (κ2) is 6.33. The van der Waals surface area contributed by atoms with E-state index in [4.69, 9.17) is 11.6 Å². The average molecular weight is 272 g/mol. The SMILES string of the molecule is CSC1CCCC(NS(=O)(=O)CCCl)C1. The van der Waals surface area contributed by atoms with Gasteiger partial charge in [-0.05, 0) is 25.5 Å². The number of hydrogen-bond acceptors (Lipinski definition) is 3. The van der Waals surface area contributed by atoms with E-state index >= 15 is 0 Å². The van der Waals surface area contributed by atoms with Crippen LogP contribution in [0.1, 0.15) is 25.7 Å². The van der Waals surface area contributed by atoms with Crippen molar-refractivity contribution in [3.05, 3.63) is 0 Å². The van der Waals surface area contributed by atoms with Crippen LogP contribution in [0.2, 0.25) is 0 Å². The number of sulfonamides is 1. The quantitative estimate of drug-likeness (QED) is 0.776. The third kappa shape index (κ3) is 4.93. The molecule has 0 heterocycles. The first-order valence-corrected chi connectivity index (χ1v) is 8.63. The highest BCUT2D eigenvalue weighted by Crippen LogP contribution is 2.27. The van der Waals surface area contributed by atoms with Crippen molar-refractivity contribution < 1.29 is 8.42 Å². The second-order valence-corrected chi connectivity index (χ2v) is 7.24. The van der Waals surface area contributed by atoms with E-state index < -0.39 is 10.0 Å². The van der Waals surface area contributed by atoms with Crippen molar-refractivity contribution in [2.45, 2.75) is 37.0 Å². The van der Waals surface area contributed by atoms with Crippen LogP contribution in [0.4, 0.5) is 0 Å². The van der Waals surface area contributed by atoms with Gasteiger partial charge in [0.2, 0.25) is 10.0 Å². The van der Waals surface area contributed by atoms with E-state index in [-0.39, 0.29) is 17.7 Å². The molecule has 0 bridgehead atoms. The zero-order chi connectivity index (χ0) is 11.3. The maximum Gasteiger partial charge on any atom is 0.213 e. The third-order valence-corrected chi connectivity index (χ3v) is 5.59. The third-order valence-electron chi connectivity index (χ3n) is 2.65. The number of alkyl halides is 1. The molecule has 0 spiro atoms. The van der Waals surface area contributed by atoms with Crippen LogP contribution in [0.3, 0.4) is 0 Å². The van der Waals surface area contributed by atoms with Gasteiger partial charge >= 0.3 is 0 Å². The molecule has 6 heteroatoms. The van der Waals surface area contributed by atoms with Crippen molar-refractivity contribution in [2.75, 3.05) is 17.9 Å². The summed E-state index contributed by atoms with van der Waals surface area (Å²) in [4.78, 5) is 0. The van der Waals surface area contributed by atoms with Crippen molar-refractivity contribution in [3.8, 4) is 0 Å². The Hall–Kier alpha value is 0.550. The van der Waals surface area contributed by atoms with Crippen LogP contribution in [-0.2, 0) is 10.0 Å². The first kappa shape index (κ1) is 13.6. The van der Waals surface area contributed by atoms with Crippen LogP contribution in [-0.4, -0.2) is 37.6 Å². The molecular weight excluding hydrogens is 254 g/mol. The minimum absolute atomic E-state index is 0.0228. The summed E-state index contributed by atoms with van der Waals surface area (Å²) < 4.78 is 25.7. The Kier molecular flexibility index (Phi) is 5.74. The molecule has 0 saturated heterocycles. The number of thioether (sulfide) groups is 1. The summed E-state index contributed by atoms with van der Waals surface area (Å²) in [6, 6.07) is 0.115. The van der Waals surface area contributed by atoms with Gasteiger partial charge in [0.05, 0.1) is 5.75 Å². The topological polar surface area (TPSA) is 46.2 Å². The van der Waals surface area contributed by atoms with Gasteiger partial charge in [0.1, 0.15) is 0 Å². The fourth-order valence-electron chi connectivity index (χ4n) is 1.88. The zero-order valence-electron chi connectivity index (χ0n) is 8.91. The molecule has 0 aromatic rings. The number of halogens is 1. The van der Waals surface area contributed by atoms with Gasteiger partial charge in [-0.15, -0.1) is 11.6 Å². The van der Waals surface area contributed by atoms with Crippen molar-refractivity contribution >= 4 is 33.4 Å². The van der Waals surface area contributed by atoms with E-state index in [0.29, 0.717) is 5.25 Å². The van der Waals surface area contributed by atoms with Crippen molar-refractivity contribution in [2.24, 2.45) is 0 Å². The van der Waals surface area contributed by atoms with Crippen LogP contribution in [0.25, 0.3) is 0 Å². The lowest BCUT2D eigenvalue weighted by Gasteiger charge is -2.28. The van der Waals surface area contributed by atoms with E-state index in [1.165, 1.54) is 6.42 Å². The number of nitrogens with one attached hydrogen (secondary N) is 1. The smallest absolute Gasteiger partial charge is 0.212 e. The van der Waals surface area contributed by atoms with Gasteiger partial charge in [-0.1, -0.05) is 6.42 Å². The minimum atomic E-state index is -3.15.